The van der Waals surface area contributed by atoms with Crippen molar-refractivity contribution in [2.24, 2.45) is 5.92 Å². The number of nitrogens with zero attached hydrogens (tertiary/aromatic N) is 1. The van der Waals surface area contributed by atoms with E-state index in [2.05, 4.69) is 30.4 Å². The maximum atomic E-state index is 12.1. The Morgan fingerprint density at radius 3 is 2.89 bits per heavy atom. The lowest BCUT2D eigenvalue weighted by Gasteiger charge is -2.12. The smallest absolute Gasteiger partial charge is 0.251 e. The van der Waals surface area contributed by atoms with Crippen LogP contribution in [0.4, 0.5) is 5.82 Å². The number of nitrogens with one attached hydrogen (secondary N) is 1. The number of amides is 1. The predicted molar refractivity (Wildman–Crippen MR) is 82.5 cm³/mol. The van der Waals surface area contributed by atoms with E-state index in [1.807, 2.05) is 6.07 Å². The Bertz CT molecular complexity index is 423. The Morgan fingerprint density at radius 2 is 2.26 bits per heavy atom. The minimum Gasteiger partial charge on any atom is -0.384 e. The van der Waals surface area contributed by atoms with Gasteiger partial charge in [0.15, 0.2) is 0 Å². The average Bonchev–Trinajstić information content (AvgIpc) is 2.36. The summed E-state index contributed by atoms with van der Waals surface area (Å²) in [6, 6.07) is 3.46. The SMILES string of the molecule is CCCc1cc(C(=O)NCC(C)CSC)cc(N)n1. The fourth-order valence-corrected chi connectivity index (χ4v) is 2.53. The molecule has 1 unspecified atom stereocenters. The number of thioether (sulfide) groups is 1. The molecule has 1 aromatic heterocycles. The summed E-state index contributed by atoms with van der Waals surface area (Å²) in [4.78, 5) is 16.3. The van der Waals surface area contributed by atoms with Crippen molar-refractivity contribution in [3.05, 3.63) is 23.4 Å². The van der Waals surface area contributed by atoms with Crippen LogP contribution in [0.25, 0.3) is 0 Å². The second-order valence-corrected chi connectivity index (χ2v) is 5.70. The Labute approximate surface area is 119 Å². The number of carbonyl (C=O) groups excluding carboxylic acids is 1. The minimum absolute atomic E-state index is 0.0700. The summed E-state index contributed by atoms with van der Waals surface area (Å²) in [6.45, 7) is 4.89. The van der Waals surface area contributed by atoms with Crippen LogP contribution in [-0.2, 0) is 6.42 Å². The molecule has 5 heteroatoms. The van der Waals surface area contributed by atoms with Gasteiger partial charge in [0, 0.05) is 17.8 Å². The van der Waals surface area contributed by atoms with Gasteiger partial charge in [-0.2, -0.15) is 11.8 Å². The molecule has 3 N–H and O–H groups in total. The van der Waals surface area contributed by atoms with Crippen LogP contribution in [0, 0.1) is 5.92 Å². The highest BCUT2D eigenvalue weighted by atomic mass is 32.2. The highest BCUT2D eigenvalue weighted by Crippen LogP contribution is 2.10. The van der Waals surface area contributed by atoms with Crippen LogP contribution in [-0.4, -0.2) is 29.4 Å². The van der Waals surface area contributed by atoms with Crippen molar-refractivity contribution in [2.45, 2.75) is 26.7 Å². The zero-order valence-corrected chi connectivity index (χ0v) is 12.7. The van der Waals surface area contributed by atoms with Crippen molar-refractivity contribution in [1.29, 1.82) is 0 Å². The maximum Gasteiger partial charge on any atom is 0.251 e. The van der Waals surface area contributed by atoms with Gasteiger partial charge in [0.25, 0.3) is 5.91 Å². The molecule has 1 amide bonds. The molecule has 1 heterocycles. The summed E-state index contributed by atoms with van der Waals surface area (Å²) in [5, 5.41) is 2.94. The van der Waals surface area contributed by atoms with E-state index < -0.39 is 0 Å². The lowest BCUT2D eigenvalue weighted by atomic mass is 10.1. The molecule has 1 rings (SSSR count). The zero-order valence-electron chi connectivity index (χ0n) is 11.9. The molecule has 4 nitrogen and oxygen atoms in total. The molecule has 0 aliphatic rings. The first-order valence-electron chi connectivity index (χ1n) is 6.60. The molecular weight excluding hydrogens is 258 g/mol. The van der Waals surface area contributed by atoms with E-state index in [1.165, 1.54) is 0 Å². The third-order valence-corrected chi connectivity index (χ3v) is 3.63. The molecule has 0 saturated heterocycles. The van der Waals surface area contributed by atoms with Gasteiger partial charge >= 0.3 is 0 Å². The van der Waals surface area contributed by atoms with E-state index >= 15 is 0 Å². The molecule has 19 heavy (non-hydrogen) atoms. The molecule has 0 aliphatic carbocycles. The third kappa shape index (κ3) is 5.51. The maximum absolute atomic E-state index is 12.1. The molecule has 106 valence electrons. The van der Waals surface area contributed by atoms with Gasteiger partial charge in [-0.1, -0.05) is 20.3 Å². The van der Waals surface area contributed by atoms with Crippen molar-refractivity contribution >= 4 is 23.5 Å². The number of aryl methyl sites for hydroxylation is 1. The summed E-state index contributed by atoms with van der Waals surface area (Å²) in [5.41, 5.74) is 7.22. The lowest BCUT2D eigenvalue weighted by molar-refractivity contribution is 0.0949. The zero-order chi connectivity index (χ0) is 14.3. The van der Waals surface area contributed by atoms with Crippen LogP contribution in [0.5, 0.6) is 0 Å². The highest BCUT2D eigenvalue weighted by Gasteiger charge is 2.10. The molecule has 0 bridgehead atoms. The van der Waals surface area contributed by atoms with Gasteiger partial charge in [0.1, 0.15) is 5.82 Å². The molecule has 0 radical (unpaired) electrons. The molecule has 1 aromatic rings. The van der Waals surface area contributed by atoms with Crippen LogP contribution in [0.15, 0.2) is 12.1 Å². The van der Waals surface area contributed by atoms with Gasteiger partial charge in [-0.25, -0.2) is 4.98 Å². The summed E-state index contributed by atoms with van der Waals surface area (Å²) < 4.78 is 0. The van der Waals surface area contributed by atoms with Gasteiger partial charge in [0.2, 0.25) is 0 Å². The first kappa shape index (κ1) is 15.8. The topological polar surface area (TPSA) is 68.0 Å². The van der Waals surface area contributed by atoms with Gasteiger partial charge in [-0.3, -0.25) is 4.79 Å². The number of nitrogens with two attached hydrogens (primary N) is 1. The van der Waals surface area contributed by atoms with Crippen LogP contribution < -0.4 is 11.1 Å². The first-order chi connectivity index (χ1) is 9.06. The lowest BCUT2D eigenvalue weighted by Crippen LogP contribution is -2.29. The number of nitrogen functional groups attached to an aromatic ring is 1. The average molecular weight is 281 g/mol. The number of aromatic nitrogens is 1. The van der Waals surface area contributed by atoms with Crippen molar-refractivity contribution in [3.63, 3.8) is 0 Å². The first-order valence-corrected chi connectivity index (χ1v) is 7.99. The third-order valence-electron chi connectivity index (χ3n) is 2.73. The van der Waals surface area contributed by atoms with E-state index in [1.54, 1.807) is 17.8 Å². The summed E-state index contributed by atoms with van der Waals surface area (Å²) in [5.74, 6) is 1.85. The van der Waals surface area contributed by atoms with Gasteiger partial charge < -0.3 is 11.1 Å². The number of anilines is 1. The molecule has 0 aliphatic heterocycles. The quantitative estimate of drug-likeness (QED) is 0.805. The summed E-state index contributed by atoms with van der Waals surface area (Å²) >= 11 is 1.79. The van der Waals surface area contributed by atoms with E-state index in [4.69, 9.17) is 5.73 Å². The largest absolute Gasteiger partial charge is 0.384 e. The molecule has 0 fully saturated rings. The number of hydrogen-bond donors (Lipinski definition) is 2. The van der Waals surface area contributed by atoms with E-state index in [0.29, 0.717) is 23.8 Å². The number of carbonyl (C=O) groups is 1. The summed E-state index contributed by atoms with van der Waals surface area (Å²) in [6.07, 6.45) is 3.90. The van der Waals surface area contributed by atoms with Gasteiger partial charge in [-0.05, 0) is 36.5 Å². The fraction of sp³-hybridized carbons (Fsp3) is 0.571. The van der Waals surface area contributed by atoms with E-state index in [0.717, 1.165) is 24.3 Å². The molecule has 1 atom stereocenters. The fourth-order valence-electron chi connectivity index (χ4n) is 1.84. The summed E-state index contributed by atoms with van der Waals surface area (Å²) in [7, 11) is 0. The Morgan fingerprint density at radius 1 is 1.53 bits per heavy atom. The van der Waals surface area contributed by atoms with Crippen LogP contribution in [0.2, 0.25) is 0 Å². The molecule has 0 aromatic carbocycles. The van der Waals surface area contributed by atoms with E-state index in [-0.39, 0.29) is 5.91 Å². The predicted octanol–water partition coefficient (Wildman–Crippen LogP) is 2.35. The number of hydrogen-bond acceptors (Lipinski definition) is 4. The second-order valence-electron chi connectivity index (χ2n) is 4.79. The Kier molecular flexibility index (Phi) is 6.70. The van der Waals surface area contributed by atoms with Crippen molar-refractivity contribution in [1.82, 2.24) is 10.3 Å². The van der Waals surface area contributed by atoms with Gasteiger partial charge in [-0.15, -0.1) is 0 Å². The van der Waals surface area contributed by atoms with Crippen molar-refractivity contribution in [2.75, 3.05) is 24.3 Å². The highest BCUT2D eigenvalue weighted by molar-refractivity contribution is 7.98. The van der Waals surface area contributed by atoms with Crippen LogP contribution in [0.1, 0.15) is 36.3 Å². The van der Waals surface area contributed by atoms with Crippen molar-refractivity contribution < 1.29 is 4.79 Å². The Balaban J connectivity index is 2.65. The standard InChI is InChI=1S/C14H23N3OS/c1-4-5-12-6-11(7-13(15)17-12)14(18)16-8-10(2)9-19-3/h6-7,10H,4-5,8-9H2,1-3H3,(H2,15,17)(H,16,18). The monoisotopic (exact) mass is 281 g/mol. The number of rotatable bonds is 7. The number of pyridine rings is 1. The Hall–Kier alpha value is -1.23. The molecule has 0 saturated carbocycles. The molecular formula is C14H23N3OS. The molecule has 0 spiro atoms. The van der Waals surface area contributed by atoms with Gasteiger partial charge in [0.05, 0.1) is 0 Å². The van der Waals surface area contributed by atoms with Crippen LogP contribution in [0.3, 0.4) is 0 Å². The van der Waals surface area contributed by atoms with E-state index in [9.17, 15) is 4.79 Å². The second kappa shape index (κ2) is 8.04. The normalized spacial score (nSPS) is 12.2. The van der Waals surface area contributed by atoms with Crippen LogP contribution >= 0.6 is 11.8 Å². The van der Waals surface area contributed by atoms with Crippen molar-refractivity contribution in [3.8, 4) is 0 Å². The minimum atomic E-state index is -0.0700.